The standard InChI is InChI=1S/C32H38O13S2/c1-46-17-15-39-19-27(44-31(37)13-11-29(33)34)21-41-23-3-7-25(8-4-23)43-26-9-5-24(6-10-26)42-22-28(20-40-16-18-47-2)45-32(38)14-12-30(35)36/h3-14,27-28H,15-22H2,1-2H3,(H,33,34)(H,35,36)/b13-11+,14-12+. The lowest BCUT2D eigenvalue weighted by Gasteiger charge is -2.18. The van der Waals surface area contributed by atoms with Crippen LogP contribution in [0.2, 0.25) is 0 Å². The van der Waals surface area contributed by atoms with Crippen molar-refractivity contribution in [1.29, 1.82) is 0 Å². The summed E-state index contributed by atoms with van der Waals surface area (Å²) in [6.07, 6.45) is 5.40. The third-order valence-corrected chi connectivity index (χ3v) is 6.67. The predicted octanol–water partition coefficient (Wildman–Crippen LogP) is 4.10. The number of carboxylic acid groups (broad SMARTS) is 2. The van der Waals surface area contributed by atoms with Gasteiger partial charge in [-0.25, -0.2) is 19.2 Å². The molecule has 0 saturated heterocycles. The molecule has 2 atom stereocenters. The molecule has 0 saturated carbocycles. The molecule has 2 aromatic carbocycles. The number of carbonyl (C=O) groups is 4. The first-order chi connectivity index (χ1) is 22.7. The fourth-order valence-corrected chi connectivity index (χ4v) is 3.92. The zero-order valence-corrected chi connectivity index (χ0v) is 27.6. The smallest absolute Gasteiger partial charge is 0.331 e. The molecule has 256 valence electrons. The Labute approximate surface area is 281 Å². The van der Waals surface area contributed by atoms with E-state index < -0.39 is 36.1 Å². The van der Waals surface area contributed by atoms with Gasteiger partial charge < -0.3 is 43.4 Å². The Morgan fingerprint density at radius 2 is 0.957 bits per heavy atom. The SMILES string of the molecule is CSCCOCC(COc1ccc(Oc2ccc(OCC(COCCSC)OC(=O)/C=C/C(=O)O)cc2)cc1)OC(=O)/C=C/C(=O)O. The van der Waals surface area contributed by atoms with E-state index in [9.17, 15) is 19.2 Å². The minimum atomic E-state index is -1.26. The van der Waals surface area contributed by atoms with Gasteiger partial charge in [0.1, 0.15) is 36.2 Å². The van der Waals surface area contributed by atoms with Crippen molar-refractivity contribution in [3.8, 4) is 23.0 Å². The van der Waals surface area contributed by atoms with E-state index in [-0.39, 0.29) is 26.4 Å². The average molecular weight is 695 g/mol. The van der Waals surface area contributed by atoms with Gasteiger partial charge in [0.25, 0.3) is 0 Å². The van der Waals surface area contributed by atoms with Gasteiger partial charge in [-0.05, 0) is 61.0 Å². The molecule has 2 N–H and O–H groups in total. The quantitative estimate of drug-likeness (QED) is 0.0913. The van der Waals surface area contributed by atoms with Crippen LogP contribution < -0.4 is 14.2 Å². The number of ether oxygens (including phenoxy) is 7. The number of hydrogen-bond acceptors (Lipinski definition) is 13. The second-order valence-electron chi connectivity index (χ2n) is 9.26. The number of thioether (sulfide) groups is 2. The molecule has 0 spiro atoms. The molecule has 0 amide bonds. The zero-order chi connectivity index (χ0) is 34.3. The van der Waals surface area contributed by atoms with Crippen molar-refractivity contribution in [3.05, 3.63) is 72.8 Å². The number of carboxylic acids is 2. The van der Waals surface area contributed by atoms with Crippen LogP contribution in [0.4, 0.5) is 0 Å². The summed E-state index contributed by atoms with van der Waals surface area (Å²) in [6.45, 7) is 1.03. The van der Waals surface area contributed by atoms with E-state index in [1.54, 1.807) is 72.1 Å². The molecule has 2 rings (SSSR count). The molecule has 0 aliphatic carbocycles. The van der Waals surface area contributed by atoms with Crippen LogP contribution in [0.25, 0.3) is 0 Å². The lowest BCUT2D eigenvalue weighted by molar-refractivity contribution is -0.148. The Kier molecular flexibility index (Phi) is 19.2. The second kappa shape index (κ2) is 23.2. The van der Waals surface area contributed by atoms with E-state index in [0.29, 0.717) is 48.4 Å². The second-order valence-corrected chi connectivity index (χ2v) is 11.2. The van der Waals surface area contributed by atoms with Crippen LogP contribution in [0.1, 0.15) is 0 Å². The van der Waals surface area contributed by atoms with Crippen molar-refractivity contribution in [2.75, 3.05) is 63.7 Å². The summed E-state index contributed by atoms with van der Waals surface area (Å²) in [5, 5.41) is 17.4. The monoisotopic (exact) mass is 694 g/mol. The van der Waals surface area contributed by atoms with Gasteiger partial charge in [0.15, 0.2) is 12.2 Å². The Hall–Kier alpha value is -4.18. The van der Waals surface area contributed by atoms with Crippen LogP contribution in [-0.2, 0) is 38.1 Å². The molecular weight excluding hydrogens is 656 g/mol. The molecule has 2 aromatic rings. The predicted molar refractivity (Wildman–Crippen MR) is 176 cm³/mol. The normalized spacial score (nSPS) is 12.4. The van der Waals surface area contributed by atoms with Gasteiger partial charge in [0.05, 0.1) is 26.4 Å². The molecule has 2 unspecified atom stereocenters. The van der Waals surface area contributed by atoms with Crippen molar-refractivity contribution in [2.45, 2.75) is 12.2 Å². The fraction of sp³-hybridized carbons (Fsp3) is 0.375. The van der Waals surface area contributed by atoms with Gasteiger partial charge in [-0.15, -0.1) is 0 Å². The zero-order valence-electron chi connectivity index (χ0n) is 25.9. The molecule has 15 heteroatoms. The van der Waals surface area contributed by atoms with E-state index in [2.05, 4.69) is 0 Å². The van der Waals surface area contributed by atoms with Crippen molar-refractivity contribution in [2.24, 2.45) is 0 Å². The van der Waals surface area contributed by atoms with Gasteiger partial charge in [-0.2, -0.15) is 23.5 Å². The lowest BCUT2D eigenvalue weighted by Crippen LogP contribution is -2.29. The third-order valence-electron chi connectivity index (χ3n) is 5.52. The van der Waals surface area contributed by atoms with Crippen molar-refractivity contribution < 1.29 is 62.5 Å². The lowest BCUT2D eigenvalue weighted by atomic mass is 10.3. The topological polar surface area (TPSA) is 173 Å². The fourth-order valence-electron chi connectivity index (χ4n) is 3.35. The molecule has 0 aliphatic heterocycles. The first-order valence-electron chi connectivity index (χ1n) is 14.2. The largest absolute Gasteiger partial charge is 0.490 e. The number of aliphatic carboxylic acids is 2. The van der Waals surface area contributed by atoms with Gasteiger partial charge in [0.2, 0.25) is 0 Å². The molecule has 0 radical (unpaired) electrons. The summed E-state index contributed by atoms with van der Waals surface area (Å²) in [6, 6.07) is 13.5. The number of esters is 2. The maximum absolute atomic E-state index is 11.9. The first-order valence-corrected chi connectivity index (χ1v) is 17.0. The van der Waals surface area contributed by atoms with Gasteiger partial charge in [-0.3, -0.25) is 0 Å². The summed E-state index contributed by atoms with van der Waals surface area (Å²) in [4.78, 5) is 45.2. The van der Waals surface area contributed by atoms with Crippen LogP contribution in [0.15, 0.2) is 72.8 Å². The minimum Gasteiger partial charge on any atom is -0.490 e. The third kappa shape index (κ3) is 18.5. The van der Waals surface area contributed by atoms with Crippen LogP contribution in [0.3, 0.4) is 0 Å². The molecule has 0 aliphatic rings. The van der Waals surface area contributed by atoms with Crippen LogP contribution in [0.5, 0.6) is 23.0 Å². The molecule has 47 heavy (non-hydrogen) atoms. The van der Waals surface area contributed by atoms with Gasteiger partial charge >= 0.3 is 23.9 Å². The highest BCUT2D eigenvalue weighted by atomic mass is 32.2. The van der Waals surface area contributed by atoms with Crippen LogP contribution >= 0.6 is 23.5 Å². The Morgan fingerprint density at radius 3 is 1.30 bits per heavy atom. The highest BCUT2D eigenvalue weighted by Gasteiger charge is 2.17. The highest BCUT2D eigenvalue weighted by Crippen LogP contribution is 2.26. The summed E-state index contributed by atoms with van der Waals surface area (Å²) in [5.74, 6) is -0.625. The molecule has 0 fully saturated rings. The van der Waals surface area contributed by atoms with E-state index in [1.165, 1.54) is 0 Å². The summed E-state index contributed by atoms with van der Waals surface area (Å²) >= 11 is 3.21. The summed E-state index contributed by atoms with van der Waals surface area (Å²) in [7, 11) is 0. The van der Waals surface area contributed by atoms with Crippen molar-refractivity contribution >= 4 is 47.4 Å². The molecular formula is C32H38O13S2. The molecule has 0 heterocycles. The van der Waals surface area contributed by atoms with E-state index in [0.717, 1.165) is 23.7 Å². The maximum atomic E-state index is 11.9. The number of benzene rings is 2. The molecule has 13 nitrogen and oxygen atoms in total. The molecule has 0 aromatic heterocycles. The summed E-state index contributed by atoms with van der Waals surface area (Å²) < 4.78 is 39.0. The first kappa shape index (κ1) is 39.0. The minimum absolute atomic E-state index is 0.0172. The van der Waals surface area contributed by atoms with E-state index in [1.807, 2.05) is 12.5 Å². The van der Waals surface area contributed by atoms with E-state index >= 15 is 0 Å². The summed E-state index contributed by atoms with van der Waals surface area (Å²) in [5.41, 5.74) is 0. The van der Waals surface area contributed by atoms with Gasteiger partial charge in [0, 0.05) is 35.8 Å². The molecule has 0 bridgehead atoms. The highest BCUT2D eigenvalue weighted by molar-refractivity contribution is 7.98. The Bertz CT molecular complexity index is 1200. The Balaban J connectivity index is 1.90. The van der Waals surface area contributed by atoms with Gasteiger partial charge in [-0.1, -0.05) is 0 Å². The average Bonchev–Trinajstić information content (AvgIpc) is 3.05. The Morgan fingerprint density at radius 1 is 0.596 bits per heavy atom. The number of hydrogen-bond donors (Lipinski definition) is 2. The van der Waals surface area contributed by atoms with E-state index in [4.69, 9.17) is 43.4 Å². The van der Waals surface area contributed by atoms with Crippen molar-refractivity contribution in [1.82, 2.24) is 0 Å². The van der Waals surface area contributed by atoms with Crippen molar-refractivity contribution in [3.63, 3.8) is 0 Å². The van der Waals surface area contributed by atoms with Crippen LogP contribution in [0, 0.1) is 0 Å². The number of rotatable bonds is 24. The number of carbonyl (C=O) groups excluding carboxylic acids is 2. The maximum Gasteiger partial charge on any atom is 0.331 e. The van der Waals surface area contributed by atoms with Crippen LogP contribution in [-0.4, -0.2) is 110 Å².